The summed E-state index contributed by atoms with van der Waals surface area (Å²) in [4.78, 5) is 10.7. The lowest BCUT2D eigenvalue weighted by Gasteiger charge is -2.09. The highest BCUT2D eigenvalue weighted by Gasteiger charge is 2.22. The lowest BCUT2D eigenvalue weighted by Crippen LogP contribution is -2.21. The van der Waals surface area contributed by atoms with E-state index in [9.17, 15) is 9.18 Å². The SMILES string of the molecule is O=C1NCC(COc2ccc(F)cc2)O1. The number of carbonyl (C=O) groups excluding carboxylic acids is 1. The molecule has 1 amide bonds. The summed E-state index contributed by atoms with van der Waals surface area (Å²) in [5.74, 6) is 0.246. The molecule has 0 spiro atoms. The van der Waals surface area contributed by atoms with Gasteiger partial charge in [-0.05, 0) is 24.3 Å². The van der Waals surface area contributed by atoms with Gasteiger partial charge >= 0.3 is 6.09 Å². The molecule has 1 fully saturated rings. The van der Waals surface area contributed by atoms with E-state index in [1.807, 2.05) is 0 Å². The molecule has 1 saturated heterocycles. The number of alkyl carbamates (subject to hydrolysis) is 1. The number of rotatable bonds is 3. The van der Waals surface area contributed by atoms with E-state index in [2.05, 4.69) is 5.32 Å². The highest BCUT2D eigenvalue weighted by Crippen LogP contribution is 2.12. The second kappa shape index (κ2) is 4.16. The molecular formula is C10H10FNO3. The fourth-order valence-corrected chi connectivity index (χ4v) is 1.24. The van der Waals surface area contributed by atoms with Gasteiger partial charge in [-0.15, -0.1) is 0 Å². The Kier molecular flexibility index (Phi) is 2.71. The van der Waals surface area contributed by atoms with Crippen LogP contribution in [0.2, 0.25) is 0 Å². The van der Waals surface area contributed by atoms with Crippen LogP contribution in [0.5, 0.6) is 5.75 Å². The molecule has 1 aliphatic heterocycles. The van der Waals surface area contributed by atoms with Crippen LogP contribution in [0.15, 0.2) is 24.3 Å². The molecule has 1 heterocycles. The van der Waals surface area contributed by atoms with E-state index in [-0.39, 0.29) is 18.5 Å². The van der Waals surface area contributed by atoms with Crippen LogP contribution in [-0.4, -0.2) is 25.3 Å². The lowest BCUT2D eigenvalue weighted by molar-refractivity contribution is 0.105. The molecule has 2 rings (SSSR count). The summed E-state index contributed by atoms with van der Waals surface area (Å²) in [5, 5.41) is 2.51. The van der Waals surface area contributed by atoms with E-state index in [1.54, 1.807) is 0 Å². The third-order valence-electron chi connectivity index (χ3n) is 2.00. The van der Waals surface area contributed by atoms with E-state index in [1.165, 1.54) is 24.3 Å². The maximum Gasteiger partial charge on any atom is 0.407 e. The number of amides is 1. The summed E-state index contributed by atoms with van der Waals surface area (Å²) in [6.45, 7) is 0.713. The number of ether oxygens (including phenoxy) is 2. The lowest BCUT2D eigenvalue weighted by atomic mass is 10.3. The summed E-state index contributed by atoms with van der Waals surface area (Å²) in [6.07, 6.45) is -0.703. The maximum atomic E-state index is 12.5. The molecule has 4 nitrogen and oxygen atoms in total. The Morgan fingerprint density at radius 1 is 1.47 bits per heavy atom. The van der Waals surface area contributed by atoms with Crippen molar-refractivity contribution in [3.63, 3.8) is 0 Å². The van der Waals surface area contributed by atoms with Gasteiger partial charge in [-0.1, -0.05) is 0 Å². The Morgan fingerprint density at radius 3 is 2.80 bits per heavy atom. The van der Waals surface area contributed by atoms with Gasteiger partial charge in [0, 0.05) is 0 Å². The van der Waals surface area contributed by atoms with Crippen molar-refractivity contribution in [3.05, 3.63) is 30.1 Å². The zero-order valence-corrected chi connectivity index (χ0v) is 7.90. The molecule has 5 heteroatoms. The molecule has 1 aliphatic rings. The van der Waals surface area contributed by atoms with Crippen LogP contribution in [0.4, 0.5) is 9.18 Å². The van der Waals surface area contributed by atoms with Crippen molar-refractivity contribution in [2.75, 3.05) is 13.2 Å². The predicted molar refractivity (Wildman–Crippen MR) is 50.2 cm³/mol. The fourth-order valence-electron chi connectivity index (χ4n) is 1.24. The zero-order valence-electron chi connectivity index (χ0n) is 7.90. The molecule has 0 aliphatic carbocycles. The van der Waals surface area contributed by atoms with Gasteiger partial charge in [0.15, 0.2) is 6.10 Å². The van der Waals surface area contributed by atoms with E-state index in [4.69, 9.17) is 9.47 Å². The molecular weight excluding hydrogens is 201 g/mol. The minimum absolute atomic E-state index is 0.268. The molecule has 1 unspecified atom stereocenters. The quantitative estimate of drug-likeness (QED) is 0.820. The van der Waals surface area contributed by atoms with Gasteiger partial charge in [-0.3, -0.25) is 0 Å². The van der Waals surface area contributed by atoms with Crippen molar-refractivity contribution in [3.8, 4) is 5.75 Å². The van der Waals surface area contributed by atoms with E-state index >= 15 is 0 Å². The van der Waals surface area contributed by atoms with E-state index in [0.717, 1.165) is 0 Å². The van der Waals surface area contributed by atoms with Gasteiger partial charge in [-0.25, -0.2) is 9.18 Å². The summed E-state index contributed by atoms with van der Waals surface area (Å²) < 4.78 is 22.7. The van der Waals surface area contributed by atoms with Gasteiger partial charge in [0.1, 0.15) is 18.2 Å². The number of cyclic esters (lactones) is 1. The van der Waals surface area contributed by atoms with Crippen molar-refractivity contribution in [2.45, 2.75) is 6.10 Å². The first-order chi connectivity index (χ1) is 7.24. The molecule has 80 valence electrons. The molecule has 0 saturated carbocycles. The number of benzene rings is 1. The fraction of sp³-hybridized carbons (Fsp3) is 0.300. The van der Waals surface area contributed by atoms with Crippen LogP contribution in [0.3, 0.4) is 0 Å². The number of hydrogen-bond acceptors (Lipinski definition) is 3. The first-order valence-electron chi connectivity index (χ1n) is 4.57. The second-order valence-electron chi connectivity index (χ2n) is 3.17. The first-order valence-corrected chi connectivity index (χ1v) is 4.57. The van der Waals surface area contributed by atoms with Crippen molar-refractivity contribution >= 4 is 6.09 Å². The van der Waals surface area contributed by atoms with Gasteiger partial charge in [0.2, 0.25) is 0 Å². The third kappa shape index (κ3) is 2.59. The van der Waals surface area contributed by atoms with Gasteiger partial charge in [0.05, 0.1) is 6.54 Å². The Labute approximate surface area is 86.0 Å². The molecule has 1 N–H and O–H groups in total. The second-order valence-corrected chi connectivity index (χ2v) is 3.17. The van der Waals surface area contributed by atoms with Crippen LogP contribution in [0, 0.1) is 5.82 Å². The molecule has 15 heavy (non-hydrogen) atoms. The monoisotopic (exact) mass is 211 g/mol. The number of halogens is 1. The standard InChI is InChI=1S/C10H10FNO3/c11-7-1-3-8(4-2-7)14-6-9-5-12-10(13)15-9/h1-4,9H,5-6H2,(H,12,13). The molecule has 0 aromatic heterocycles. The molecule has 0 radical (unpaired) electrons. The van der Waals surface area contributed by atoms with Crippen LogP contribution >= 0.6 is 0 Å². The van der Waals surface area contributed by atoms with Gasteiger partial charge in [-0.2, -0.15) is 0 Å². The van der Waals surface area contributed by atoms with Gasteiger partial charge in [0.25, 0.3) is 0 Å². The highest BCUT2D eigenvalue weighted by atomic mass is 19.1. The van der Waals surface area contributed by atoms with Crippen LogP contribution in [-0.2, 0) is 4.74 Å². The molecule has 1 aromatic rings. The maximum absolute atomic E-state index is 12.5. The smallest absolute Gasteiger partial charge is 0.407 e. The highest BCUT2D eigenvalue weighted by molar-refractivity contribution is 5.69. The molecule has 0 bridgehead atoms. The largest absolute Gasteiger partial charge is 0.490 e. The summed E-state index contributed by atoms with van der Waals surface area (Å²) in [5.41, 5.74) is 0. The summed E-state index contributed by atoms with van der Waals surface area (Å²) in [6, 6.07) is 5.68. The zero-order chi connectivity index (χ0) is 10.7. The third-order valence-corrected chi connectivity index (χ3v) is 2.00. The van der Waals surface area contributed by atoms with Crippen molar-refractivity contribution in [2.24, 2.45) is 0 Å². The van der Waals surface area contributed by atoms with Crippen LogP contribution in [0.1, 0.15) is 0 Å². The average Bonchev–Trinajstić information content (AvgIpc) is 2.64. The normalized spacial score (nSPS) is 19.5. The van der Waals surface area contributed by atoms with E-state index < -0.39 is 6.09 Å². The number of carbonyl (C=O) groups is 1. The predicted octanol–water partition coefficient (Wildman–Crippen LogP) is 1.31. The molecule has 1 atom stereocenters. The summed E-state index contributed by atoms with van der Waals surface area (Å²) >= 11 is 0. The molecule has 1 aromatic carbocycles. The van der Waals surface area contributed by atoms with Crippen LogP contribution < -0.4 is 10.1 Å². The van der Waals surface area contributed by atoms with E-state index in [0.29, 0.717) is 12.3 Å². The van der Waals surface area contributed by atoms with Crippen LogP contribution in [0.25, 0.3) is 0 Å². The number of hydrogen-bond donors (Lipinski definition) is 1. The van der Waals surface area contributed by atoms with Crippen molar-refractivity contribution in [1.29, 1.82) is 0 Å². The topological polar surface area (TPSA) is 47.6 Å². The first kappa shape index (κ1) is 9.76. The Hall–Kier alpha value is -1.78. The Balaban J connectivity index is 1.83. The van der Waals surface area contributed by atoms with Crippen molar-refractivity contribution in [1.82, 2.24) is 5.32 Å². The minimum Gasteiger partial charge on any atom is -0.490 e. The van der Waals surface area contributed by atoms with Crippen molar-refractivity contribution < 1.29 is 18.7 Å². The number of nitrogens with one attached hydrogen (secondary N) is 1. The average molecular weight is 211 g/mol. The minimum atomic E-state index is -0.428. The Bertz CT molecular complexity index is 352. The summed E-state index contributed by atoms with van der Waals surface area (Å²) in [7, 11) is 0. The Morgan fingerprint density at radius 2 is 2.20 bits per heavy atom. The van der Waals surface area contributed by atoms with Gasteiger partial charge < -0.3 is 14.8 Å².